The van der Waals surface area contributed by atoms with Gasteiger partial charge < -0.3 is 10.2 Å². The molecule has 1 atom stereocenters. The molecule has 2 aliphatic rings. The summed E-state index contributed by atoms with van der Waals surface area (Å²) < 4.78 is 27.4. The molecule has 8 heteroatoms. The summed E-state index contributed by atoms with van der Waals surface area (Å²) in [4.78, 5) is 14.8. The molecule has 1 aromatic carbocycles. The second-order valence-electron chi connectivity index (χ2n) is 8.71. The monoisotopic (exact) mass is 429 g/mol. The van der Waals surface area contributed by atoms with E-state index in [1.165, 1.54) is 4.31 Å². The SMILES string of the molecule is CC(C(=O)N1CCN(S(=O)(=O)c2ccc(C(C)(C)C)cc2)CC1)C1CNC1.Cl. The minimum absolute atomic E-state index is 0. The Morgan fingerprint density at radius 2 is 1.61 bits per heavy atom. The van der Waals surface area contributed by atoms with E-state index >= 15 is 0 Å². The summed E-state index contributed by atoms with van der Waals surface area (Å²) in [5.41, 5.74) is 1.09. The summed E-state index contributed by atoms with van der Waals surface area (Å²) in [5, 5.41) is 3.20. The highest BCUT2D eigenvalue weighted by molar-refractivity contribution is 7.89. The van der Waals surface area contributed by atoms with Crippen molar-refractivity contribution in [1.82, 2.24) is 14.5 Å². The zero-order chi connectivity index (χ0) is 19.8. The molecule has 1 amide bonds. The fourth-order valence-electron chi connectivity index (χ4n) is 3.58. The van der Waals surface area contributed by atoms with Crippen molar-refractivity contribution >= 4 is 28.3 Å². The van der Waals surface area contributed by atoms with Gasteiger partial charge in [0.1, 0.15) is 0 Å². The molecule has 0 saturated carbocycles. The normalized spacial score (nSPS) is 20.2. The molecule has 158 valence electrons. The Bertz CT molecular complexity index is 778. The van der Waals surface area contributed by atoms with Gasteiger partial charge in [0.05, 0.1) is 4.90 Å². The molecular weight excluding hydrogens is 398 g/mol. The Morgan fingerprint density at radius 3 is 2.04 bits per heavy atom. The zero-order valence-electron chi connectivity index (χ0n) is 17.1. The number of nitrogens with one attached hydrogen (secondary N) is 1. The maximum Gasteiger partial charge on any atom is 0.243 e. The number of rotatable bonds is 4. The van der Waals surface area contributed by atoms with Crippen molar-refractivity contribution in [2.45, 2.75) is 38.0 Å². The first kappa shape index (κ1) is 23.1. The lowest BCUT2D eigenvalue weighted by Gasteiger charge is -2.38. The standard InChI is InChI=1S/C20H31N3O3S.ClH/c1-15(16-13-21-14-16)19(24)22-9-11-23(12-10-22)27(25,26)18-7-5-17(6-8-18)20(2,3)4;/h5-8,15-16,21H,9-14H2,1-4H3;1H. The van der Waals surface area contributed by atoms with Crippen LogP contribution in [0.1, 0.15) is 33.3 Å². The van der Waals surface area contributed by atoms with Crippen LogP contribution in [0.15, 0.2) is 29.2 Å². The van der Waals surface area contributed by atoms with E-state index in [-0.39, 0.29) is 29.6 Å². The average Bonchev–Trinajstić information content (AvgIpc) is 2.59. The van der Waals surface area contributed by atoms with Gasteiger partial charge in [0.2, 0.25) is 15.9 Å². The molecule has 2 heterocycles. The quantitative estimate of drug-likeness (QED) is 0.795. The van der Waals surface area contributed by atoms with Gasteiger partial charge in [-0.05, 0) is 42.1 Å². The second-order valence-corrected chi connectivity index (χ2v) is 10.6. The van der Waals surface area contributed by atoms with Gasteiger partial charge in [-0.15, -0.1) is 12.4 Å². The van der Waals surface area contributed by atoms with E-state index in [2.05, 4.69) is 26.1 Å². The first-order valence-corrected chi connectivity index (χ1v) is 11.1. The second kappa shape index (κ2) is 8.69. The number of carbonyl (C=O) groups is 1. The van der Waals surface area contributed by atoms with Crippen molar-refractivity contribution in [1.29, 1.82) is 0 Å². The van der Waals surface area contributed by atoms with Gasteiger partial charge in [0.15, 0.2) is 0 Å². The van der Waals surface area contributed by atoms with E-state index in [1.54, 1.807) is 12.1 Å². The fourth-order valence-corrected chi connectivity index (χ4v) is 5.00. The summed E-state index contributed by atoms with van der Waals surface area (Å²) in [6, 6.07) is 7.17. The Hall–Kier alpha value is -1.15. The summed E-state index contributed by atoms with van der Waals surface area (Å²) in [6.07, 6.45) is 0. The maximum absolute atomic E-state index is 12.9. The Balaban J connectivity index is 0.00000280. The molecule has 1 aromatic rings. The van der Waals surface area contributed by atoms with Crippen LogP contribution in [0.3, 0.4) is 0 Å². The third-order valence-electron chi connectivity index (χ3n) is 5.82. The largest absolute Gasteiger partial charge is 0.340 e. The number of halogens is 1. The minimum Gasteiger partial charge on any atom is -0.340 e. The van der Waals surface area contributed by atoms with Crippen LogP contribution < -0.4 is 5.32 Å². The number of sulfonamides is 1. The van der Waals surface area contributed by atoms with Gasteiger partial charge in [-0.1, -0.05) is 39.8 Å². The number of benzene rings is 1. The molecule has 0 aromatic heterocycles. The van der Waals surface area contributed by atoms with Crippen LogP contribution in [0.4, 0.5) is 0 Å². The van der Waals surface area contributed by atoms with Crippen molar-refractivity contribution in [3.8, 4) is 0 Å². The van der Waals surface area contributed by atoms with Gasteiger partial charge in [-0.3, -0.25) is 4.79 Å². The lowest BCUT2D eigenvalue weighted by Crippen LogP contribution is -2.55. The molecule has 0 bridgehead atoms. The highest BCUT2D eigenvalue weighted by Crippen LogP contribution is 2.25. The van der Waals surface area contributed by atoms with Gasteiger partial charge in [0, 0.05) is 32.1 Å². The molecule has 0 radical (unpaired) electrons. The number of carbonyl (C=O) groups excluding carboxylic acids is 1. The number of hydrogen-bond donors (Lipinski definition) is 1. The lowest BCUT2D eigenvalue weighted by atomic mass is 9.87. The molecule has 1 N–H and O–H groups in total. The third-order valence-corrected chi connectivity index (χ3v) is 7.73. The molecule has 2 fully saturated rings. The first-order valence-electron chi connectivity index (χ1n) is 9.71. The topological polar surface area (TPSA) is 69.7 Å². The number of hydrogen-bond acceptors (Lipinski definition) is 4. The Labute approximate surface area is 175 Å². The van der Waals surface area contributed by atoms with Crippen molar-refractivity contribution in [3.63, 3.8) is 0 Å². The molecule has 1 unspecified atom stereocenters. The molecule has 3 rings (SSSR count). The van der Waals surface area contributed by atoms with Crippen molar-refractivity contribution in [2.24, 2.45) is 11.8 Å². The van der Waals surface area contributed by atoms with Crippen LogP contribution >= 0.6 is 12.4 Å². The highest BCUT2D eigenvalue weighted by atomic mass is 35.5. The van der Waals surface area contributed by atoms with Gasteiger partial charge in [-0.25, -0.2) is 8.42 Å². The van der Waals surface area contributed by atoms with Crippen molar-refractivity contribution < 1.29 is 13.2 Å². The summed E-state index contributed by atoms with van der Waals surface area (Å²) in [5.74, 6) is 0.549. The molecule has 0 spiro atoms. The van der Waals surface area contributed by atoms with E-state index in [4.69, 9.17) is 0 Å². The molecular formula is C20H32ClN3O3S. The summed E-state index contributed by atoms with van der Waals surface area (Å²) >= 11 is 0. The van der Waals surface area contributed by atoms with E-state index < -0.39 is 10.0 Å². The predicted octanol–water partition coefficient (Wildman–Crippen LogP) is 2.09. The third kappa shape index (κ3) is 4.70. The highest BCUT2D eigenvalue weighted by Gasteiger charge is 2.35. The molecule has 2 aliphatic heterocycles. The van der Waals surface area contributed by atoms with Crippen LogP contribution in [0.2, 0.25) is 0 Å². The first-order chi connectivity index (χ1) is 12.6. The van der Waals surface area contributed by atoms with Crippen LogP contribution in [0.25, 0.3) is 0 Å². The van der Waals surface area contributed by atoms with E-state index in [1.807, 2.05) is 24.0 Å². The van der Waals surface area contributed by atoms with Crippen LogP contribution in [0.5, 0.6) is 0 Å². The van der Waals surface area contributed by atoms with Crippen LogP contribution in [0, 0.1) is 11.8 Å². The smallest absolute Gasteiger partial charge is 0.243 e. The predicted molar refractivity (Wildman–Crippen MR) is 113 cm³/mol. The van der Waals surface area contributed by atoms with Gasteiger partial charge >= 0.3 is 0 Å². The molecule has 2 saturated heterocycles. The number of piperazine rings is 1. The lowest BCUT2D eigenvalue weighted by molar-refractivity contribution is -0.138. The van der Waals surface area contributed by atoms with Gasteiger partial charge in [-0.2, -0.15) is 4.31 Å². The number of nitrogens with zero attached hydrogens (tertiary/aromatic N) is 2. The Kier molecular flexibility index (Phi) is 7.18. The zero-order valence-corrected chi connectivity index (χ0v) is 18.8. The summed E-state index contributed by atoms with van der Waals surface area (Å²) in [7, 11) is -3.52. The molecule has 6 nitrogen and oxygen atoms in total. The van der Waals surface area contributed by atoms with E-state index in [0.29, 0.717) is 37.0 Å². The van der Waals surface area contributed by atoms with Crippen molar-refractivity contribution in [2.75, 3.05) is 39.3 Å². The maximum atomic E-state index is 12.9. The van der Waals surface area contributed by atoms with E-state index in [9.17, 15) is 13.2 Å². The minimum atomic E-state index is -3.52. The molecule has 0 aliphatic carbocycles. The Morgan fingerprint density at radius 1 is 1.07 bits per heavy atom. The van der Waals surface area contributed by atoms with Crippen LogP contribution in [-0.4, -0.2) is 62.8 Å². The number of amides is 1. The van der Waals surface area contributed by atoms with Crippen LogP contribution in [-0.2, 0) is 20.2 Å². The van der Waals surface area contributed by atoms with Crippen molar-refractivity contribution in [3.05, 3.63) is 29.8 Å². The van der Waals surface area contributed by atoms with E-state index in [0.717, 1.165) is 18.7 Å². The fraction of sp³-hybridized carbons (Fsp3) is 0.650. The average molecular weight is 430 g/mol. The van der Waals surface area contributed by atoms with Gasteiger partial charge in [0.25, 0.3) is 0 Å². The molecule has 28 heavy (non-hydrogen) atoms. The summed E-state index contributed by atoms with van der Waals surface area (Å²) in [6.45, 7) is 11.7.